The van der Waals surface area contributed by atoms with Crippen molar-refractivity contribution in [2.45, 2.75) is 12.8 Å². The van der Waals surface area contributed by atoms with Gasteiger partial charge in [-0.1, -0.05) is 0 Å². The molecule has 1 aromatic rings. The van der Waals surface area contributed by atoms with Crippen molar-refractivity contribution in [1.29, 1.82) is 0 Å². The number of halogens is 2. The molecule has 0 bridgehead atoms. The summed E-state index contributed by atoms with van der Waals surface area (Å²) in [5, 5.41) is 0. The van der Waals surface area contributed by atoms with Crippen LogP contribution in [0.4, 0.5) is 10.1 Å². The van der Waals surface area contributed by atoms with E-state index >= 15 is 0 Å². The maximum absolute atomic E-state index is 13.3. The molecule has 0 saturated carbocycles. The van der Waals surface area contributed by atoms with Gasteiger partial charge in [-0.15, -0.1) is 0 Å². The Balaban J connectivity index is 2.08. The van der Waals surface area contributed by atoms with Gasteiger partial charge in [0.25, 0.3) is 5.91 Å². The number of amides is 2. The quantitative estimate of drug-likeness (QED) is 0.839. The number of hydrogen-bond donors (Lipinski definition) is 1. The van der Waals surface area contributed by atoms with Crippen molar-refractivity contribution >= 4 is 33.4 Å². The van der Waals surface area contributed by atoms with Crippen LogP contribution in [0.1, 0.15) is 23.2 Å². The number of nitrogen functional groups attached to an aromatic ring is 1. The molecule has 2 N–H and O–H groups in total. The van der Waals surface area contributed by atoms with E-state index in [0.717, 1.165) is 32.0 Å². The van der Waals surface area contributed by atoms with Crippen molar-refractivity contribution in [1.82, 2.24) is 9.80 Å². The van der Waals surface area contributed by atoms with Gasteiger partial charge in [-0.05, 0) is 40.9 Å². The lowest BCUT2D eigenvalue weighted by Gasteiger charge is -2.22. The fourth-order valence-electron chi connectivity index (χ4n) is 2.28. The van der Waals surface area contributed by atoms with E-state index in [4.69, 9.17) is 5.73 Å². The first kappa shape index (κ1) is 15.8. The smallest absolute Gasteiger partial charge is 0.255 e. The van der Waals surface area contributed by atoms with Gasteiger partial charge in [-0.3, -0.25) is 9.59 Å². The third-order valence-electron chi connectivity index (χ3n) is 3.49. The Kier molecular flexibility index (Phi) is 4.82. The molecule has 1 fully saturated rings. The number of carbonyl (C=O) groups is 2. The summed E-state index contributed by atoms with van der Waals surface area (Å²) in [6, 6.07) is 2.43. The topological polar surface area (TPSA) is 66.6 Å². The van der Waals surface area contributed by atoms with E-state index < -0.39 is 5.82 Å². The number of rotatable bonds is 3. The number of likely N-dealkylation sites (tertiary alicyclic amines) is 1. The maximum Gasteiger partial charge on any atom is 0.255 e. The molecule has 1 aliphatic rings. The van der Waals surface area contributed by atoms with E-state index in [1.165, 1.54) is 11.0 Å². The highest BCUT2D eigenvalue weighted by molar-refractivity contribution is 9.10. The van der Waals surface area contributed by atoms with Crippen LogP contribution in [0.2, 0.25) is 0 Å². The molecule has 7 heteroatoms. The van der Waals surface area contributed by atoms with Crippen LogP contribution in [0.15, 0.2) is 16.6 Å². The molecule has 0 unspecified atom stereocenters. The van der Waals surface area contributed by atoms with Gasteiger partial charge in [0, 0.05) is 24.6 Å². The Hall–Kier alpha value is -1.63. The van der Waals surface area contributed by atoms with Crippen molar-refractivity contribution in [3.05, 3.63) is 28.0 Å². The molecule has 2 amide bonds. The Bertz CT molecular complexity index is 574. The Labute approximate surface area is 131 Å². The number of hydrogen-bond acceptors (Lipinski definition) is 3. The predicted molar refractivity (Wildman–Crippen MR) is 81.3 cm³/mol. The Morgan fingerprint density at radius 1 is 1.38 bits per heavy atom. The van der Waals surface area contributed by atoms with Crippen molar-refractivity contribution in [2.75, 3.05) is 32.4 Å². The first-order chi connectivity index (χ1) is 9.90. The van der Waals surface area contributed by atoms with Gasteiger partial charge in [-0.25, -0.2) is 4.39 Å². The van der Waals surface area contributed by atoms with E-state index in [1.807, 2.05) is 0 Å². The molecule has 1 saturated heterocycles. The zero-order chi connectivity index (χ0) is 15.6. The second-order valence-corrected chi connectivity index (χ2v) is 5.96. The molecule has 5 nitrogen and oxygen atoms in total. The first-order valence-electron chi connectivity index (χ1n) is 6.68. The molecule has 0 radical (unpaired) electrons. The van der Waals surface area contributed by atoms with Crippen LogP contribution in [0.25, 0.3) is 0 Å². The zero-order valence-corrected chi connectivity index (χ0v) is 13.3. The number of likely N-dealkylation sites (N-methyl/N-ethyl adjacent to an activating group) is 1. The number of nitrogens with two attached hydrogens (primary N) is 1. The molecule has 0 atom stereocenters. The average Bonchev–Trinajstić information content (AvgIpc) is 2.96. The summed E-state index contributed by atoms with van der Waals surface area (Å²) in [5.74, 6) is -1.04. The summed E-state index contributed by atoms with van der Waals surface area (Å²) in [6.07, 6.45) is 2.01. The second-order valence-electron chi connectivity index (χ2n) is 5.10. The van der Waals surface area contributed by atoms with E-state index in [9.17, 15) is 14.0 Å². The predicted octanol–water partition coefficient (Wildman–Crippen LogP) is 1.86. The van der Waals surface area contributed by atoms with Crippen LogP contribution in [-0.2, 0) is 4.79 Å². The van der Waals surface area contributed by atoms with Crippen LogP contribution in [-0.4, -0.2) is 48.3 Å². The van der Waals surface area contributed by atoms with Crippen molar-refractivity contribution < 1.29 is 14.0 Å². The van der Waals surface area contributed by atoms with Gasteiger partial charge in [0.1, 0.15) is 5.82 Å². The lowest BCUT2D eigenvalue weighted by Crippen LogP contribution is -2.40. The van der Waals surface area contributed by atoms with E-state index in [0.29, 0.717) is 4.47 Å². The molecule has 1 aliphatic heterocycles. The fraction of sp³-hybridized carbons (Fsp3) is 0.429. The molecule has 2 rings (SSSR count). The van der Waals surface area contributed by atoms with Crippen molar-refractivity contribution in [3.8, 4) is 0 Å². The lowest BCUT2D eigenvalue weighted by molar-refractivity contribution is -0.130. The largest absolute Gasteiger partial charge is 0.396 e. The highest BCUT2D eigenvalue weighted by atomic mass is 79.9. The van der Waals surface area contributed by atoms with Crippen molar-refractivity contribution in [3.63, 3.8) is 0 Å². The molecule has 21 heavy (non-hydrogen) atoms. The van der Waals surface area contributed by atoms with Gasteiger partial charge in [0.15, 0.2) is 0 Å². The minimum Gasteiger partial charge on any atom is -0.396 e. The summed E-state index contributed by atoms with van der Waals surface area (Å²) in [6.45, 7) is 1.49. The standard InChI is InChI=1S/C14H17BrFN3O2/c1-18(8-13(20)19-4-2-3-5-19)14(21)9-6-12(17)11(16)7-10(9)15/h6-7H,2-5,8,17H2,1H3. The first-order valence-corrected chi connectivity index (χ1v) is 7.47. The Morgan fingerprint density at radius 3 is 2.62 bits per heavy atom. The molecular formula is C14H17BrFN3O2. The van der Waals surface area contributed by atoms with Gasteiger partial charge in [0.05, 0.1) is 17.8 Å². The van der Waals surface area contributed by atoms with Gasteiger partial charge < -0.3 is 15.5 Å². The third kappa shape index (κ3) is 3.53. The second kappa shape index (κ2) is 6.43. The minimum atomic E-state index is -0.589. The molecular weight excluding hydrogens is 341 g/mol. The highest BCUT2D eigenvalue weighted by Gasteiger charge is 2.23. The minimum absolute atomic E-state index is 0.00253. The van der Waals surface area contributed by atoms with Gasteiger partial charge in [-0.2, -0.15) is 0 Å². The number of carbonyl (C=O) groups excluding carboxylic acids is 2. The van der Waals surface area contributed by atoms with E-state index in [1.54, 1.807) is 11.9 Å². The Morgan fingerprint density at radius 2 is 2.00 bits per heavy atom. The van der Waals surface area contributed by atoms with Gasteiger partial charge in [0.2, 0.25) is 5.91 Å². The average molecular weight is 358 g/mol. The van der Waals surface area contributed by atoms with Crippen LogP contribution in [0.5, 0.6) is 0 Å². The van der Waals surface area contributed by atoms with Crippen LogP contribution in [0, 0.1) is 5.82 Å². The molecule has 0 spiro atoms. The van der Waals surface area contributed by atoms with E-state index in [2.05, 4.69) is 15.9 Å². The lowest BCUT2D eigenvalue weighted by atomic mass is 10.1. The highest BCUT2D eigenvalue weighted by Crippen LogP contribution is 2.24. The summed E-state index contributed by atoms with van der Waals surface area (Å²) in [5.41, 5.74) is 5.63. The third-order valence-corrected chi connectivity index (χ3v) is 4.15. The number of nitrogens with zero attached hydrogens (tertiary/aromatic N) is 2. The molecule has 0 aromatic heterocycles. The summed E-state index contributed by atoms with van der Waals surface area (Å²) in [4.78, 5) is 27.4. The molecule has 114 valence electrons. The monoisotopic (exact) mass is 357 g/mol. The normalized spacial score (nSPS) is 14.3. The molecule has 0 aliphatic carbocycles. The number of benzene rings is 1. The van der Waals surface area contributed by atoms with E-state index in [-0.39, 0.29) is 29.6 Å². The summed E-state index contributed by atoms with van der Waals surface area (Å²) >= 11 is 3.14. The summed E-state index contributed by atoms with van der Waals surface area (Å²) < 4.78 is 13.6. The van der Waals surface area contributed by atoms with Crippen molar-refractivity contribution in [2.24, 2.45) is 0 Å². The molecule has 1 heterocycles. The zero-order valence-electron chi connectivity index (χ0n) is 11.7. The van der Waals surface area contributed by atoms with Crippen LogP contribution < -0.4 is 5.73 Å². The summed E-state index contributed by atoms with van der Waals surface area (Å²) in [7, 11) is 1.54. The maximum atomic E-state index is 13.3. The SMILES string of the molecule is CN(CC(=O)N1CCCC1)C(=O)c1cc(N)c(F)cc1Br. The van der Waals surface area contributed by atoms with Gasteiger partial charge >= 0.3 is 0 Å². The van der Waals surface area contributed by atoms with Crippen LogP contribution in [0.3, 0.4) is 0 Å². The number of anilines is 1. The molecule has 1 aromatic carbocycles. The fourth-order valence-corrected chi connectivity index (χ4v) is 2.76. The van der Waals surface area contributed by atoms with Crippen LogP contribution >= 0.6 is 15.9 Å².